The molecule has 1 aliphatic rings. The SMILES string of the molecule is CC(C)Oc1ccc([C@@H](CCNC(=O)C[C@@H](c2ccccc2)[C@@H]2CCOCC2(C)C)c2ccccc2)cc1. The summed E-state index contributed by atoms with van der Waals surface area (Å²) < 4.78 is 11.6. The number of hydrogen-bond acceptors (Lipinski definition) is 3. The Kier molecular flexibility index (Phi) is 9.63. The van der Waals surface area contributed by atoms with Crippen molar-refractivity contribution in [3.05, 3.63) is 102 Å². The van der Waals surface area contributed by atoms with E-state index in [0.29, 0.717) is 18.9 Å². The van der Waals surface area contributed by atoms with E-state index < -0.39 is 0 Å². The molecule has 0 radical (unpaired) electrons. The van der Waals surface area contributed by atoms with Gasteiger partial charge in [-0.3, -0.25) is 4.79 Å². The van der Waals surface area contributed by atoms with Gasteiger partial charge >= 0.3 is 0 Å². The van der Waals surface area contributed by atoms with E-state index in [1.807, 2.05) is 38.1 Å². The van der Waals surface area contributed by atoms with Crippen LogP contribution >= 0.6 is 0 Å². The molecule has 1 N–H and O–H groups in total. The molecule has 3 aromatic carbocycles. The first-order valence-corrected chi connectivity index (χ1v) is 14.0. The van der Waals surface area contributed by atoms with Crippen molar-refractivity contribution in [1.29, 1.82) is 0 Å². The highest BCUT2D eigenvalue weighted by Gasteiger charge is 2.39. The van der Waals surface area contributed by atoms with Crippen molar-refractivity contribution in [2.24, 2.45) is 11.3 Å². The number of ether oxygens (including phenoxy) is 2. The molecule has 4 rings (SSSR count). The standard InChI is InChI=1S/C34H43NO3/c1-25(2)38-29-17-15-28(16-18-29)30(26-11-7-5-8-12-26)19-21-35-33(36)23-31(27-13-9-6-10-14-27)32-20-22-37-24-34(32,3)4/h5-18,25,30-32H,19-24H2,1-4H3,(H,35,36)/t30-,31-,32-/m0/s1. The van der Waals surface area contributed by atoms with Gasteiger partial charge < -0.3 is 14.8 Å². The van der Waals surface area contributed by atoms with Gasteiger partial charge in [0.2, 0.25) is 5.91 Å². The number of carbonyl (C=O) groups excluding carboxylic acids is 1. The van der Waals surface area contributed by atoms with Crippen molar-refractivity contribution < 1.29 is 14.3 Å². The van der Waals surface area contributed by atoms with Gasteiger partial charge in [0.25, 0.3) is 0 Å². The topological polar surface area (TPSA) is 47.6 Å². The molecule has 38 heavy (non-hydrogen) atoms. The molecule has 0 unspecified atom stereocenters. The van der Waals surface area contributed by atoms with Crippen LogP contribution in [0.4, 0.5) is 0 Å². The average Bonchev–Trinajstić information content (AvgIpc) is 2.91. The Labute approximate surface area is 228 Å². The second-order valence-corrected chi connectivity index (χ2v) is 11.5. The maximum Gasteiger partial charge on any atom is 0.220 e. The Hall–Kier alpha value is -3.11. The number of carbonyl (C=O) groups is 1. The number of amides is 1. The van der Waals surface area contributed by atoms with Crippen LogP contribution in [-0.4, -0.2) is 31.8 Å². The highest BCUT2D eigenvalue weighted by atomic mass is 16.5. The zero-order valence-corrected chi connectivity index (χ0v) is 23.4. The van der Waals surface area contributed by atoms with Gasteiger partial charge in [0, 0.05) is 25.5 Å². The van der Waals surface area contributed by atoms with Gasteiger partial charge in [-0.05, 0) is 72.8 Å². The highest BCUT2D eigenvalue weighted by Crippen LogP contribution is 2.44. The number of rotatable bonds is 11. The molecule has 0 aliphatic carbocycles. The van der Waals surface area contributed by atoms with Crippen molar-refractivity contribution in [2.45, 2.75) is 64.9 Å². The molecule has 0 spiro atoms. The third-order valence-electron chi connectivity index (χ3n) is 7.78. The fraction of sp³-hybridized carbons (Fsp3) is 0.441. The van der Waals surface area contributed by atoms with E-state index in [2.05, 4.69) is 79.8 Å². The van der Waals surface area contributed by atoms with Crippen molar-refractivity contribution >= 4 is 5.91 Å². The van der Waals surface area contributed by atoms with E-state index in [1.165, 1.54) is 16.7 Å². The van der Waals surface area contributed by atoms with E-state index in [9.17, 15) is 4.79 Å². The minimum atomic E-state index is 0.0306. The predicted octanol–water partition coefficient (Wildman–Crippen LogP) is 7.35. The lowest BCUT2D eigenvalue weighted by molar-refractivity contribution is -0.122. The minimum Gasteiger partial charge on any atom is -0.491 e. The summed E-state index contributed by atoms with van der Waals surface area (Å²) in [5.74, 6) is 1.77. The normalized spacial score (nSPS) is 18.5. The van der Waals surface area contributed by atoms with Crippen LogP contribution in [0.15, 0.2) is 84.9 Å². The minimum absolute atomic E-state index is 0.0306. The van der Waals surface area contributed by atoms with Crippen molar-refractivity contribution in [3.63, 3.8) is 0 Å². The predicted molar refractivity (Wildman–Crippen MR) is 155 cm³/mol. The van der Waals surface area contributed by atoms with Crippen LogP contribution in [0, 0.1) is 11.3 Å². The smallest absolute Gasteiger partial charge is 0.220 e. The Morgan fingerprint density at radius 1 is 0.921 bits per heavy atom. The van der Waals surface area contributed by atoms with E-state index in [1.54, 1.807) is 0 Å². The van der Waals surface area contributed by atoms with Crippen molar-refractivity contribution in [2.75, 3.05) is 19.8 Å². The van der Waals surface area contributed by atoms with Crippen LogP contribution in [0.3, 0.4) is 0 Å². The lowest BCUT2D eigenvalue weighted by Gasteiger charge is -2.43. The Morgan fingerprint density at radius 2 is 1.53 bits per heavy atom. The fourth-order valence-electron chi connectivity index (χ4n) is 5.87. The van der Waals surface area contributed by atoms with Gasteiger partial charge in [0.1, 0.15) is 5.75 Å². The molecule has 0 bridgehead atoms. The van der Waals surface area contributed by atoms with Gasteiger partial charge in [-0.2, -0.15) is 0 Å². The van der Waals surface area contributed by atoms with E-state index in [0.717, 1.165) is 31.8 Å². The molecule has 0 saturated carbocycles. The summed E-state index contributed by atoms with van der Waals surface area (Å²) in [6.45, 7) is 10.7. The summed E-state index contributed by atoms with van der Waals surface area (Å²) in [5.41, 5.74) is 3.76. The quantitative estimate of drug-likeness (QED) is 0.292. The maximum atomic E-state index is 13.3. The van der Waals surface area contributed by atoms with Gasteiger partial charge in [-0.1, -0.05) is 86.6 Å². The summed E-state index contributed by atoms with van der Waals surface area (Å²) in [7, 11) is 0. The summed E-state index contributed by atoms with van der Waals surface area (Å²) in [6.07, 6.45) is 2.45. The van der Waals surface area contributed by atoms with E-state index >= 15 is 0 Å². The molecule has 0 aromatic heterocycles. The Bertz CT molecular complexity index is 1130. The van der Waals surface area contributed by atoms with Crippen LogP contribution in [0.5, 0.6) is 5.75 Å². The molecule has 202 valence electrons. The van der Waals surface area contributed by atoms with Gasteiger partial charge in [0.05, 0.1) is 12.7 Å². The van der Waals surface area contributed by atoms with E-state index in [4.69, 9.17) is 9.47 Å². The molecule has 4 heteroatoms. The van der Waals surface area contributed by atoms with Gasteiger partial charge in [-0.15, -0.1) is 0 Å². The molecule has 4 nitrogen and oxygen atoms in total. The van der Waals surface area contributed by atoms with Crippen LogP contribution in [-0.2, 0) is 9.53 Å². The molecular weight excluding hydrogens is 470 g/mol. The lowest BCUT2D eigenvalue weighted by Crippen LogP contribution is -2.40. The second-order valence-electron chi connectivity index (χ2n) is 11.5. The first-order chi connectivity index (χ1) is 18.3. The second kappa shape index (κ2) is 13.1. The molecule has 1 fully saturated rings. The number of hydrogen-bond donors (Lipinski definition) is 1. The molecule has 1 saturated heterocycles. The zero-order valence-electron chi connectivity index (χ0n) is 23.4. The first-order valence-electron chi connectivity index (χ1n) is 14.0. The average molecular weight is 514 g/mol. The van der Waals surface area contributed by atoms with Gasteiger partial charge in [-0.25, -0.2) is 0 Å². The van der Waals surface area contributed by atoms with Crippen molar-refractivity contribution in [1.82, 2.24) is 5.32 Å². The summed E-state index contributed by atoms with van der Waals surface area (Å²) in [4.78, 5) is 13.3. The summed E-state index contributed by atoms with van der Waals surface area (Å²) >= 11 is 0. The summed E-state index contributed by atoms with van der Waals surface area (Å²) in [5, 5.41) is 3.26. The number of nitrogens with one attached hydrogen (secondary N) is 1. The lowest BCUT2D eigenvalue weighted by atomic mass is 9.66. The Morgan fingerprint density at radius 3 is 2.13 bits per heavy atom. The fourth-order valence-corrected chi connectivity index (χ4v) is 5.87. The Balaban J connectivity index is 1.44. The van der Waals surface area contributed by atoms with E-state index in [-0.39, 0.29) is 29.3 Å². The van der Waals surface area contributed by atoms with Crippen LogP contribution in [0.2, 0.25) is 0 Å². The highest BCUT2D eigenvalue weighted by molar-refractivity contribution is 5.77. The third kappa shape index (κ3) is 7.48. The maximum absolute atomic E-state index is 13.3. The molecular formula is C34H43NO3. The van der Waals surface area contributed by atoms with Crippen LogP contribution < -0.4 is 10.1 Å². The zero-order chi connectivity index (χ0) is 27.0. The van der Waals surface area contributed by atoms with Gasteiger partial charge in [0.15, 0.2) is 0 Å². The molecule has 3 aromatic rings. The molecule has 1 heterocycles. The molecule has 1 aliphatic heterocycles. The third-order valence-corrected chi connectivity index (χ3v) is 7.78. The van der Waals surface area contributed by atoms with Crippen LogP contribution in [0.1, 0.15) is 75.5 Å². The summed E-state index contributed by atoms with van der Waals surface area (Å²) in [6, 6.07) is 29.5. The largest absolute Gasteiger partial charge is 0.491 e. The van der Waals surface area contributed by atoms with Crippen LogP contribution in [0.25, 0.3) is 0 Å². The monoisotopic (exact) mass is 513 g/mol. The molecule has 1 amide bonds. The number of benzene rings is 3. The first kappa shape index (κ1) is 27.9. The molecule has 3 atom stereocenters. The van der Waals surface area contributed by atoms with Crippen molar-refractivity contribution in [3.8, 4) is 5.75 Å².